The Morgan fingerprint density at radius 2 is 2.17 bits per heavy atom. The second-order valence-corrected chi connectivity index (χ2v) is 2.79. The molecule has 0 fully saturated rings. The van der Waals surface area contributed by atoms with Gasteiger partial charge in [-0.1, -0.05) is 26.5 Å². The van der Waals surface area contributed by atoms with Gasteiger partial charge in [-0.2, -0.15) is 0 Å². The van der Waals surface area contributed by atoms with Gasteiger partial charge in [0.15, 0.2) is 0 Å². The van der Waals surface area contributed by atoms with Crippen molar-refractivity contribution in [2.24, 2.45) is 0 Å². The lowest BCUT2D eigenvalue weighted by atomic mass is 10.1. The van der Waals surface area contributed by atoms with Gasteiger partial charge in [0.2, 0.25) is 0 Å². The highest BCUT2D eigenvalue weighted by molar-refractivity contribution is 5.51. The standard InChI is InChI=1S/C11H15N/c1-4-9-7-11(6-3)12-8-10(9)5-2/h4,7-8H,1,5-6H2,2-3H3. The third-order valence-electron chi connectivity index (χ3n) is 2.04. The van der Waals surface area contributed by atoms with Crippen molar-refractivity contribution in [2.75, 3.05) is 0 Å². The summed E-state index contributed by atoms with van der Waals surface area (Å²) in [6, 6.07) is 2.12. The van der Waals surface area contributed by atoms with Crippen molar-refractivity contribution in [3.05, 3.63) is 35.7 Å². The van der Waals surface area contributed by atoms with Crippen LogP contribution in [0.2, 0.25) is 0 Å². The van der Waals surface area contributed by atoms with Gasteiger partial charge in [0.05, 0.1) is 0 Å². The molecule has 0 saturated heterocycles. The molecule has 1 heteroatoms. The molecule has 12 heavy (non-hydrogen) atoms. The van der Waals surface area contributed by atoms with Crippen LogP contribution in [0.1, 0.15) is 30.7 Å². The van der Waals surface area contributed by atoms with Crippen molar-refractivity contribution in [1.29, 1.82) is 0 Å². The maximum absolute atomic E-state index is 4.33. The van der Waals surface area contributed by atoms with E-state index >= 15 is 0 Å². The van der Waals surface area contributed by atoms with Crippen LogP contribution in [-0.2, 0) is 12.8 Å². The Morgan fingerprint density at radius 1 is 1.42 bits per heavy atom. The highest BCUT2D eigenvalue weighted by Crippen LogP contribution is 2.11. The molecule has 0 saturated carbocycles. The average Bonchev–Trinajstić information content (AvgIpc) is 2.16. The van der Waals surface area contributed by atoms with Gasteiger partial charge in [-0.3, -0.25) is 4.98 Å². The van der Waals surface area contributed by atoms with Crippen LogP contribution in [0.4, 0.5) is 0 Å². The molecule has 0 amide bonds. The second kappa shape index (κ2) is 4.05. The first-order chi connectivity index (χ1) is 5.81. The molecule has 0 bridgehead atoms. The summed E-state index contributed by atoms with van der Waals surface area (Å²) in [6.45, 7) is 8.03. The van der Waals surface area contributed by atoms with Gasteiger partial charge in [-0.25, -0.2) is 0 Å². The maximum atomic E-state index is 4.33. The molecule has 0 aliphatic carbocycles. The molecule has 1 aromatic heterocycles. The largest absolute Gasteiger partial charge is 0.261 e. The van der Waals surface area contributed by atoms with Crippen molar-refractivity contribution < 1.29 is 0 Å². The normalized spacial score (nSPS) is 9.83. The Balaban J connectivity index is 3.10. The first-order valence-corrected chi connectivity index (χ1v) is 4.42. The number of rotatable bonds is 3. The second-order valence-electron chi connectivity index (χ2n) is 2.79. The highest BCUT2D eigenvalue weighted by atomic mass is 14.7. The fourth-order valence-electron chi connectivity index (χ4n) is 1.22. The molecule has 1 nitrogen and oxygen atoms in total. The molecule has 1 heterocycles. The quantitative estimate of drug-likeness (QED) is 0.664. The molecular formula is C11H15N. The van der Waals surface area contributed by atoms with Gasteiger partial charge in [-0.05, 0) is 30.0 Å². The van der Waals surface area contributed by atoms with E-state index in [1.807, 2.05) is 12.3 Å². The third kappa shape index (κ3) is 1.73. The molecule has 0 N–H and O–H groups in total. The number of aromatic nitrogens is 1. The van der Waals surface area contributed by atoms with E-state index in [1.54, 1.807) is 0 Å². The fourth-order valence-corrected chi connectivity index (χ4v) is 1.22. The van der Waals surface area contributed by atoms with Crippen LogP contribution < -0.4 is 0 Å². The van der Waals surface area contributed by atoms with Crippen LogP contribution in [-0.4, -0.2) is 4.98 Å². The van der Waals surface area contributed by atoms with Gasteiger partial charge in [-0.15, -0.1) is 0 Å². The van der Waals surface area contributed by atoms with Crippen molar-refractivity contribution in [3.63, 3.8) is 0 Å². The number of aryl methyl sites for hydroxylation is 2. The van der Waals surface area contributed by atoms with Crippen LogP contribution in [0, 0.1) is 0 Å². The molecule has 0 aromatic carbocycles. The Labute approximate surface area is 74.2 Å². The number of pyridine rings is 1. The zero-order chi connectivity index (χ0) is 8.97. The smallest absolute Gasteiger partial charge is 0.0407 e. The van der Waals surface area contributed by atoms with Crippen molar-refractivity contribution in [2.45, 2.75) is 26.7 Å². The predicted octanol–water partition coefficient (Wildman–Crippen LogP) is 2.85. The van der Waals surface area contributed by atoms with E-state index in [-0.39, 0.29) is 0 Å². The minimum Gasteiger partial charge on any atom is -0.261 e. The van der Waals surface area contributed by atoms with Gasteiger partial charge in [0.25, 0.3) is 0 Å². The lowest BCUT2D eigenvalue weighted by Crippen LogP contribution is -1.93. The molecule has 0 radical (unpaired) electrons. The minimum atomic E-state index is 0.991. The Hall–Kier alpha value is -1.11. The van der Waals surface area contributed by atoms with E-state index in [0.29, 0.717) is 0 Å². The van der Waals surface area contributed by atoms with Gasteiger partial charge in [0.1, 0.15) is 0 Å². The molecule has 0 spiro atoms. The SMILES string of the molecule is C=Cc1cc(CC)ncc1CC. The van der Waals surface area contributed by atoms with Crippen molar-refractivity contribution in [1.82, 2.24) is 4.98 Å². The minimum absolute atomic E-state index is 0.991. The Morgan fingerprint density at radius 3 is 2.67 bits per heavy atom. The lowest BCUT2D eigenvalue weighted by molar-refractivity contribution is 1.00. The van der Waals surface area contributed by atoms with E-state index in [0.717, 1.165) is 18.5 Å². The summed E-state index contributed by atoms with van der Waals surface area (Å²) in [5.74, 6) is 0. The summed E-state index contributed by atoms with van der Waals surface area (Å²) < 4.78 is 0. The summed E-state index contributed by atoms with van der Waals surface area (Å²) in [5.41, 5.74) is 3.65. The maximum Gasteiger partial charge on any atom is 0.0407 e. The molecule has 1 aromatic rings. The molecule has 1 rings (SSSR count). The van der Waals surface area contributed by atoms with Gasteiger partial charge >= 0.3 is 0 Å². The summed E-state index contributed by atoms with van der Waals surface area (Å²) in [5, 5.41) is 0. The van der Waals surface area contributed by atoms with Crippen LogP contribution >= 0.6 is 0 Å². The Bertz CT molecular complexity index is 276. The molecule has 0 aliphatic rings. The number of nitrogens with zero attached hydrogens (tertiary/aromatic N) is 1. The molecular weight excluding hydrogens is 146 g/mol. The average molecular weight is 161 g/mol. The Kier molecular flexibility index (Phi) is 3.03. The molecule has 64 valence electrons. The summed E-state index contributed by atoms with van der Waals surface area (Å²) in [4.78, 5) is 4.33. The van der Waals surface area contributed by atoms with Crippen LogP contribution in [0.5, 0.6) is 0 Å². The number of hydrogen-bond donors (Lipinski definition) is 0. The van der Waals surface area contributed by atoms with Crippen molar-refractivity contribution >= 4 is 6.08 Å². The topological polar surface area (TPSA) is 12.9 Å². The zero-order valence-corrected chi connectivity index (χ0v) is 7.80. The first kappa shape index (κ1) is 8.98. The molecule has 0 aliphatic heterocycles. The van der Waals surface area contributed by atoms with E-state index in [1.165, 1.54) is 11.1 Å². The molecule has 0 atom stereocenters. The lowest BCUT2D eigenvalue weighted by Gasteiger charge is -2.04. The van der Waals surface area contributed by atoms with Crippen LogP contribution in [0.3, 0.4) is 0 Å². The van der Waals surface area contributed by atoms with E-state index in [9.17, 15) is 0 Å². The van der Waals surface area contributed by atoms with Crippen LogP contribution in [0.25, 0.3) is 6.08 Å². The number of hydrogen-bond acceptors (Lipinski definition) is 1. The van der Waals surface area contributed by atoms with E-state index in [2.05, 4.69) is 31.5 Å². The highest BCUT2D eigenvalue weighted by Gasteiger charge is 1.98. The summed E-state index contributed by atoms with van der Waals surface area (Å²) in [6.07, 6.45) is 5.87. The van der Waals surface area contributed by atoms with Crippen molar-refractivity contribution in [3.8, 4) is 0 Å². The van der Waals surface area contributed by atoms with Crippen LogP contribution in [0.15, 0.2) is 18.8 Å². The summed E-state index contributed by atoms with van der Waals surface area (Å²) >= 11 is 0. The monoisotopic (exact) mass is 161 g/mol. The van der Waals surface area contributed by atoms with Gasteiger partial charge in [0, 0.05) is 11.9 Å². The van der Waals surface area contributed by atoms with E-state index in [4.69, 9.17) is 0 Å². The predicted molar refractivity (Wildman–Crippen MR) is 53.1 cm³/mol. The zero-order valence-electron chi connectivity index (χ0n) is 7.80. The fraction of sp³-hybridized carbons (Fsp3) is 0.364. The first-order valence-electron chi connectivity index (χ1n) is 4.42. The van der Waals surface area contributed by atoms with E-state index < -0.39 is 0 Å². The van der Waals surface area contributed by atoms with Gasteiger partial charge < -0.3 is 0 Å². The third-order valence-corrected chi connectivity index (χ3v) is 2.04. The molecule has 0 unspecified atom stereocenters. The summed E-state index contributed by atoms with van der Waals surface area (Å²) in [7, 11) is 0.